The van der Waals surface area contributed by atoms with Crippen molar-refractivity contribution in [1.82, 2.24) is 4.90 Å². The van der Waals surface area contributed by atoms with E-state index in [2.05, 4.69) is 35.2 Å². The molecule has 0 unspecified atom stereocenters. The summed E-state index contributed by atoms with van der Waals surface area (Å²) in [4.78, 5) is 2.61. The molecule has 3 fully saturated rings. The monoisotopic (exact) mass is 368 g/mol. The summed E-state index contributed by atoms with van der Waals surface area (Å²) in [5.41, 5.74) is 3.97. The number of halogens is 1. The Labute approximate surface area is 158 Å². The Morgan fingerprint density at radius 1 is 1.04 bits per heavy atom. The van der Waals surface area contributed by atoms with Crippen LogP contribution in [0.25, 0.3) is 11.1 Å². The molecule has 0 aromatic heterocycles. The first kappa shape index (κ1) is 15.8. The minimum Gasteiger partial charge on any atom is -0.355 e. The van der Waals surface area contributed by atoms with E-state index in [0.29, 0.717) is 0 Å². The van der Waals surface area contributed by atoms with Gasteiger partial charge in [-0.3, -0.25) is 0 Å². The standard InChI is InChI=1S/C21H21ClN2S/c22-18-3-1-2-16(14-18)15-4-6-17(7-5-15)21-10-8-19(9-11-21)24-12-13-25-23-20(21)24/h1-7,14,19H,8-13H2. The average Bonchev–Trinajstić information content (AvgIpc) is 2.69. The lowest BCUT2D eigenvalue weighted by Gasteiger charge is -2.55. The van der Waals surface area contributed by atoms with E-state index in [9.17, 15) is 0 Å². The lowest BCUT2D eigenvalue weighted by molar-refractivity contribution is 0.153. The van der Waals surface area contributed by atoms with E-state index in [-0.39, 0.29) is 5.41 Å². The number of hydrogen-bond acceptors (Lipinski definition) is 3. The second kappa shape index (κ2) is 6.07. The van der Waals surface area contributed by atoms with Crippen molar-refractivity contribution in [3.8, 4) is 11.1 Å². The van der Waals surface area contributed by atoms with Gasteiger partial charge in [0.1, 0.15) is 5.84 Å². The van der Waals surface area contributed by atoms with Crippen LogP contribution in [0.2, 0.25) is 5.02 Å². The molecule has 3 aliphatic heterocycles. The maximum atomic E-state index is 6.15. The minimum absolute atomic E-state index is 0.134. The second-order valence-electron chi connectivity index (χ2n) is 7.34. The largest absolute Gasteiger partial charge is 0.355 e. The lowest BCUT2D eigenvalue weighted by Crippen LogP contribution is -2.61. The van der Waals surface area contributed by atoms with Gasteiger partial charge in [-0.25, -0.2) is 4.40 Å². The number of nitrogens with zero attached hydrogens (tertiary/aromatic N) is 2. The van der Waals surface area contributed by atoms with E-state index in [1.165, 1.54) is 48.2 Å². The number of hydrogen-bond donors (Lipinski definition) is 0. The summed E-state index contributed by atoms with van der Waals surface area (Å²) >= 11 is 7.90. The van der Waals surface area contributed by atoms with Gasteiger partial charge in [0.2, 0.25) is 0 Å². The molecule has 4 aliphatic rings. The molecule has 2 nitrogen and oxygen atoms in total. The summed E-state index contributed by atoms with van der Waals surface area (Å²) in [6, 6.07) is 18.0. The van der Waals surface area contributed by atoms with E-state index >= 15 is 0 Å². The van der Waals surface area contributed by atoms with Crippen LogP contribution in [0, 0.1) is 0 Å². The van der Waals surface area contributed by atoms with Crippen LogP contribution in [-0.2, 0) is 5.41 Å². The fourth-order valence-electron chi connectivity index (χ4n) is 4.82. The van der Waals surface area contributed by atoms with Gasteiger partial charge in [-0.2, -0.15) is 0 Å². The van der Waals surface area contributed by atoms with Crippen molar-refractivity contribution < 1.29 is 0 Å². The van der Waals surface area contributed by atoms with Gasteiger partial charge in [0.15, 0.2) is 0 Å². The Morgan fingerprint density at radius 3 is 2.60 bits per heavy atom. The van der Waals surface area contributed by atoms with E-state index in [1.807, 2.05) is 18.2 Å². The summed E-state index contributed by atoms with van der Waals surface area (Å²) < 4.78 is 4.92. The first-order valence-corrected chi connectivity index (χ1v) is 10.4. The second-order valence-corrected chi connectivity index (χ2v) is 8.63. The molecule has 1 aliphatic carbocycles. The van der Waals surface area contributed by atoms with Crippen LogP contribution in [0.1, 0.15) is 31.2 Å². The smallest absolute Gasteiger partial charge is 0.123 e. The normalized spacial score (nSPS) is 27.8. The molecule has 1 saturated carbocycles. The summed E-state index contributed by atoms with van der Waals surface area (Å²) in [6.45, 7) is 1.16. The van der Waals surface area contributed by atoms with Crippen molar-refractivity contribution in [2.75, 3.05) is 12.3 Å². The number of amidine groups is 1. The summed E-state index contributed by atoms with van der Waals surface area (Å²) in [5, 5.41) is 0.787. The lowest BCUT2D eigenvalue weighted by atomic mass is 9.63. The molecule has 6 rings (SSSR count). The highest BCUT2D eigenvalue weighted by atomic mass is 35.5. The molecule has 2 aromatic rings. The van der Waals surface area contributed by atoms with Gasteiger partial charge in [0.05, 0.1) is 5.41 Å². The Hall–Kier alpha value is -1.45. The van der Waals surface area contributed by atoms with Crippen molar-refractivity contribution in [3.63, 3.8) is 0 Å². The quantitative estimate of drug-likeness (QED) is 0.644. The molecule has 128 valence electrons. The predicted octanol–water partition coefficient (Wildman–Crippen LogP) is 5.56. The molecule has 2 aromatic carbocycles. The van der Waals surface area contributed by atoms with Gasteiger partial charge in [-0.05, 0) is 66.5 Å². The van der Waals surface area contributed by atoms with Crippen LogP contribution in [0.5, 0.6) is 0 Å². The Kier molecular flexibility index (Phi) is 3.83. The predicted molar refractivity (Wildman–Crippen MR) is 107 cm³/mol. The SMILES string of the molecule is Clc1cccc(-c2ccc(C34CCC(CC3)N3CCSN=C34)cc2)c1. The van der Waals surface area contributed by atoms with Gasteiger partial charge in [0, 0.05) is 23.4 Å². The molecule has 2 bridgehead atoms. The molecular weight excluding hydrogens is 348 g/mol. The Bertz CT molecular complexity index is 822. The minimum atomic E-state index is 0.134. The van der Waals surface area contributed by atoms with E-state index in [4.69, 9.17) is 16.0 Å². The molecule has 4 heteroatoms. The molecule has 0 spiro atoms. The van der Waals surface area contributed by atoms with E-state index < -0.39 is 0 Å². The van der Waals surface area contributed by atoms with Crippen molar-refractivity contribution in [3.05, 3.63) is 59.1 Å². The zero-order chi connectivity index (χ0) is 16.9. The van der Waals surface area contributed by atoms with Crippen LogP contribution in [-0.4, -0.2) is 29.1 Å². The molecule has 25 heavy (non-hydrogen) atoms. The van der Waals surface area contributed by atoms with Crippen LogP contribution >= 0.6 is 23.5 Å². The maximum absolute atomic E-state index is 6.15. The Balaban J connectivity index is 1.53. The van der Waals surface area contributed by atoms with Gasteiger partial charge in [-0.1, -0.05) is 48.0 Å². The van der Waals surface area contributed by atoms with Crippen LogP contribution in [0.15, 0.2) is 52.9 Å². The molecule has 2 saturated heterocycles. The highest BCUT2D eigenvalue weighted by molar-refractivity contribution is 7.98. The third-order valence-corrected chi connectivity index (χ3v) is 7.02. The number of fused-ring (bicyclic) bond motifs is 2. The summed E-state index contributed by atoms with van der Waals surface area (Å²) in [7, 11) is 0. The van der Waals surface area contributed by atoms with E-state index in [1.54, 1.807) is 11.9 Å². The summed E-state index contributed by atoms with van der Waals surface area (Å²) in [6.07, 6.45) is 5.09. The van der Waals surface area contributed by atoms with E-state index in [0.717, 1.165) is 23.4 Å². The zero-order valence-electron chi connectivity index (χ0n) is 14.1. The topological polar surface area (TPSA) is 15.6 Å². The molecule has 0 N–H and O–H groups in total. The first-order valence-electron chi connectivity index (χ1n) is 9.10. The zero-order valence-corrected chi connectivity index (χ0v) is 15.7. The van der Waals surface area contributed by atoms with Crippen molar-refractivity contribution in [2.24, 2.45) is 4.40 Å². The fourth-order valence-corrected chi connectivity index (χ4v) is 5.78. The van der Waals surface area contributed by atoms with Gasteiger partial charge >= 0.3 is 0 Å². The van der Waals surface area contributed by atoms with Crippen LogP contribution in [0.3, 0.4) is 0 Å². The Morgan fingerprint density at radius 2 is 1.84 bits per heavy atom. The van der Waals surface area contributed by atoms with Gasteiger partial charge < -0.3 is 4.90 Å². The highest BCUT2D eigenvalue weighted by Gasteiger charge is 2.51. The van der Waals surface area contributed by atoms with Crippen LogP contribution < -0.4 is 0 Å². The molecule has 3 heterocycles. The fraction of sp³-hybridized carbons (Fsp3) is 0.381. The van der Waals surface area contributed by atoms with Crippen LogP contribution in [0.4, 0.5) is 0 Å². The van der Waals surface area contributed by atoms with Crippen molar-refractivity contribution in [2.45, 2.75) is 37.1 Å². The number of rotatable bonds is 2. The van der Waals surface area contributed by atoms with Gasteiger partial charge in [-0.15, -0.1) is 0 Å². The van der Waals surface area contributed by atoms with Crippen molar-refractivity contribution >= 4 is 29.4 Å². The summed E-state index contributed by atoms with van der Waals surface area (Å²) in [5.74, 6) is 2.48. The molecule has 0 atom stereocenters. The van der Waals surface area contributed by atoms with Gasteiger partial charge in [0.25, 0.3) is 0 Å². The molecule has 0 radical (unpaired) electrons. The molecular formula is C21H21ClN2S. The third-order valence-electron chi connectivity index (χ3n) is 6.12. The highest BCUT2D eigenvalue weighted by Crippen LogP contribution is 2.49. The maximum Gasteiger partial charge on any atom is 0.123 e. The molecule has 0 amide bonds. The number of benzene rings is 2. The van der Waals surface area contributed by atoms with Crippen molar-refractivity contribution in [1.29, 1.82) is 0 Å². The third kappa shape index (κ3) is 2.51. The number of piperidine rings is 2. The first-order chi connectivity index (χ1) is 12.3. The average molecular weight is 369 g/mol.